The summed E-state index contributed by atoms with van der Waals surface area (Å²) in [6, 6.07) is 9.80. The first-order valence-electron chi connectivity index (χ1n) is 8.54. The van der Waals surface area contributed by atoms with Crippen LogP contribution < -0.4 is 5.32 Å². The van der Waals surface area contributed by atoms with Crippen molar-refractivity contribution < 1.29 is 0 Å². The molecule has 1 atom stereocenters. The van der Waals surface area contributed by atoms with Gasteiger partial charge in [0.05, 0.1) is 0 Å². The molecule has 2 fully saturated rings. The van der Waals surface area contributed by atoms with E-state index in [-0.39, 0.29) is 0 Å². The zero-order chi connectivity index (χ0) is 14.5. The summed E-state index contributed by atoms with van der Waals surface area (Å²) >= 11 is 0. The lowest BCUT2D eigenvalue weighted by Crippen LogP contribution is -2.36. The summed E-state index contributed by atoms with van der Waals surface area (Å²) < 4.78 is 0. The van der Waals surface area contributed by atoms with E-state index in [9.17, 15) is 0 Å². The van der Waals surface area contributed by atoms with Crippen LogP contribution in [0, 0.1) is 0 Å². The minimum absolute atomic E-state index is 0.817. The maximum absolute atomic E-state index is 3.27. The molecular formula is C18H29N3. The molecule has 2 heterocycles. The molecule has 3 rings (SSSR count). The Hall–Kier alpha value is -0.900. The fourth-order valence-corrected chi connectivity index (χ4v) is 3.88. The van der Waals surface area contributed by atoms with Gasteiger partial charge >= 0.3 is 0 Å². The number of nitrogens with zero attached hydrogens (tertiary/aromatic N) is 2. The summed E-state index contributed by atoms with van der Waals surface area (Å²) in [5, 5.41) is 3.27. The third kappa shape index (κ3) is 3.85. The second kappa shape index (κ2) is 7.39. The van der Waals surface area contributed by atoms with Crippen molar-refractivity contribution in [2.75, 3.05) is 39.8 Å². The maximum Gasteiger partial charge on any atom is 0.0237 e. The van der Waals surface area contributed by atoms with Gasteiger partial charge in [-0.05, 0) is 70.0 Å². The molecule has 0 spiro atoms. The Morgan fingerprint density at radius 1 is 1.10 bits per heavy atom. The molecule has 2 saturated heterocycles. The van der Waals surface area contributed by atoms with Gasteiger partial charge in [0.1, 0.15) is 0 Å². The van der Waals surface area contributed by atoms with Gasteiger partial charge in [0.15, 0.2) is 0 Å². The molecule has 3 heteroatoms. The predicted molar refractivity (Wildman–Crippen MR) is 88.6 cm³/mol. The van der Waals surface area contributed by atoms with Gasteiger partial charge in [0.2, 0.25) is 0 Å². The number of likely N-dealkylation sites (N-methyl/N-ethyl adjacent to an activating group) is 1. The first-order valence-corrected chi connectivity index (χ1v) is 8.54. The van der Waals surface area contributed by atoms with Crippen LogP contribution >= 0.6 is 0 Å². The van der Waals surface area contributed by atoms with E-state index in [1.165, 1.54) is 56.6 Å². The van der Waals surface area contributed by atoms with E-state index >= 15 is 0 Å². The lowest BCUT2D eigenvalue weighted by Gasteiger charge is -2.26. The van der Waals surface area contributed by atoms with Gasteiger partial charge in [0.25, 0.3) is 0 Å². The molecule has 1 aromatic carbocycles. The van der Waals surface area contributed by atoms with Crippen LogP contribution in [0.25, 0.3) is 0 Å². The van der Waals surface area contributed by atoms with Gasteiger partial charge in [-0.25, -0.2) is 0 Å². The van der Waals surface area contributed by atoms with Gasteiger partial charge in [-0.2, -0.15) is 0 Å². The van der Waals surface area contributed by atoms with Crippen molar-refractivity contribution in [1.29, 1.82) is 0 Å². The van der Waals surface area contributed by atoms with E-state index in [0.29, 0.717) is 0 Å². The lowest BCUT2D eigenvalue weighted by molar-refractivity contribution is 0.215. The van der Waals surface area contributed by atoms with Crippen LogP contribution in [0.1, 0.15) is 30.4 Å². The molecule has 3 nitrogen and oxygen atoms in total. The third-order valence-electron chi connectivity index (χ3n) is 5.04. The molecule has 21 heavy (non-hydrogen) atoms. The smallest absolute Gasteiger partial charge is 0.0237 e. The SMILES string of the molecule is CNCCc1ccccc1CN1CCCN2CCCC2C1. The molecule has 1 unspecified atom stereocenters. The summed E-state index contributed by atoms with van der Waals surface area (Å²) in [5.41, 5.74) is 3.04. The standard InChI is InChI=1S/C18H29N3/c1-19-10-9-16-6-2-3-7-17(16)14-20-11-5-13-21-12-4-8-18(21)15-20/h2-3,6-7,18-19H,4-5,8-15H2,1H3. The Labute approximate surface area is 129 Å². The molecular weight excluding hydrogens is 258 g/mol. The lowest BCUT2D eigenvalue weighted by atomic mass is 10.0. The van der Waals surface area contributed by atoms with Gasteiger partial charge < -0.3 is 5.32 Å². The number of rotatable bonds is 5. The van der Waals surface area contributed by atoms with Crippen LogP contribution in [-0.2, 0) is 13.0 Å². The van der Waals surface area contributed by atoms with Crippen LogP contribution in [0.3, 0.4) is 0 Å². The Bertz CT molecular complexity index is 446. The van der Waals surface area contributed by atoms with Crippen molar-refractivity contribution in [1.82, 2.24) is 15.1 Å². The van der Waals surface area contributed by atoms with E-state index < -0.39 is 0 Å². The Morgan fingerprint density at radius 2 is 1.90 bits per heavy atom. The summed E-state index contributed by atoms with van der Waals surface area (Å²) in [4.78, 5) is 5.40. The highest BCUT2D eigenvalue weighted by atomic mass is 15.3. The van der Waals surface area contributed by atoms with Gasteiger partial charge in [-0.15, -0.1) is 0 Å². The zero-order valence-electron chi connectivity index (χ0n) is 13.4. The average Bonchev–Trinajstić information content (AvgIpc) is 2.85. The van der Waals surface area contributed by atoms with Crippen LogP contribution in [-0.4, -0.2) is 55.6 Å². The molecule has 116 valence electrons. The van der Waals surface area contributed by atoms with Crippen LogP contribution in [0.15, 0.2) is 24.3 Å². The first-order chi connectivity index (χ1) is 10.4. The number of nitrogens with one attached hydrogen (secondary N) is 1. The van der Waals surface area contributed by atoms with Gasteiger partial charge in [0, 0.05) is 19.1 Å². The molecule has 2 aliphatic heterocycles. The van der Waals surface area contributed by atoms with Crippen molar-refractivity contribution in [3.63, 3.8) is 0 Å². The number of fused-ring (bicyclic) bond motifs is 1. The van der Waals surface area contributed by atoms with E-state index in [1.807, 2.05) is 7.05 Å². The monoisotopic (exact) mass is 287 g/mol. The zero-order valence-corrected chi connectivity index (χ0v) is 13.4. The van der Waals surface area contributed by atoms with Crippen LogP contribution in [0.2, 0.25) is 0 Å². The number of benzene rings is 1. The average molecular weight is 287 g/mol. The quantitative estimate of drug-likeness (QED) is 0.895. The molecule has 0 bridgehead atoms. The topological polar surface area (TPSA) is 18.5 Å². The summed E-state index contributed by atoms with van der Waals surface area (Å²) in [6.45, 7) is 7.35. The minimum Gasteiger partial charge on any atom is -0.319 e. The summed E-state index contributed by atoms with van der Waals surface area (Å²) in [6.07, 6.45) is 5.26. The molecule has 0 saturated carbocycles. The van der Waals surface area contributed by atoms with E-state index in [0.717, 1.165) is 25.6 Å². The summed E-state index contributed by atoms with van der Waals surface area (Å²) in [7, 11) is 2.03. The van der Waals surface area contributed by atoms with E-state index in [1.54, 1.807) is 0 Å². The van der Waals surface area contributed by atoms with Crippen molar-refractivity contribution in [3.8, 4) is 0 Å². The third-order valence-corrected chi connectivity index (χ3v) is 5.04. The highest BCUT2D eigenvalue weighted by Crippen LogP contribution is 2.23. The molecule has 0 radical (unpaired) electrons. The Balaban J connectivity index is 1.65. The molecule has 0 aromatic heterocycles. The maximum atomic E-state index is 3.27. The fraction of sp³-hybridized carbons (Fsp3) is 0.667. The minimum atomic E-state index is 0.817. The Morgan fingerprint density at radius 3 is 2.76 bits per heavy atom. The molecule has 0 aliphatic carbocycles. The highest BCUT2D eigenvalue weighted by Gasteiger charge is 2.28. The van der Waals surface area contributed by atoms with Crippen molar-refractivity contribution in [2.24, 2.45) is 0 Å². The fourth-order valence-electron chi connectivity index (χ4n) is 3.88. The Kier molecular flexibility index (Phi) is 5.28. The van der Waals surface area contributed by atoms with Crippen molar-refractivity contribution in [2.45, 2.75) is 38.3 Å². The first kappa shape index (κ1) is 15.0. The van der Waals surface area contributed by atoms with E-state index in [2.05, 4.69) is 39.4 Å². The van der Waals surface area contributed by atoms with Crippen LogP contribution in [0.5, 0.6) is 0 Å². The second-order valence-corrected chi connectivity index (χ2v) is 6.54. The normalized spacial score (nSPS) is 24.0. The van der Waals surface area contributed by atoms with E-state index in [4.69, 9.17) is 0 Å². The van der Waals surface area contributed by atoms with Gasteiger partial charge in [-0.3, -0.25) is 9.80 Å². The summed E-state index contributed by atoms with van der Waals surface area (Å²) in [5.74, 6) is 0. The number of hydrogen-bond donors (Lipinski definition) is 1. The van der Waals surface area contributed by atoms with Crippen LogP contribution in [0.4, 0.5) is 0 Å². The predicted octanol–water partition coefficient (Wildman–Crippen LogP) is 2.12. The van der Waals surface area contributed by atoms with Crippen molar-refractivity contribution in [3.05, 3.63) is 35.4 Å². The largest absolute Gasteiger partial charge is 0.319 e. The highest BCUT2D eigenvalue weighted by molar-refractivity contribution is 5.27. The van der Waals surface area contributed by atoms with Crippen molar-refractivity contribution >= 4 is 0 Å². The molecule has 1 N–H and O–H groups in total. The second-order valence-electron chi connectivity index (χ2n) is 6.54. The van der Waals surface area contributed by atoms with Gasteiger partial charge in [-0.1, -0.05) is 24.3 Å². The molecule has 0 amide bonds. The molecule has 1 aromatic rings. The number of hydrogen-bond acceptors (Lipinski definition) is 3. The molecule has 2 aliphatic rings.